The SMILES string of the molecule is N#C/C(=C/N(Cc1ccccc1)c1ccccc1)C(=O)NCc1ccccc1. The molecule has 3 rings (SSSR count). The average Bonchev–Trinajstić information content (AvgIpc) is 2.77. The largest absolute Gasteiger partial charge is 0.347 e. The van der Waals surface area contributed by atoms with Gasteiger partial charge in [-0.25, -0.2) is 0 Å². The lowest BCUT2D eigenvalue weighted by Gasteiger charge is -2.21. The van der Waals surface area contributed by atoms with Crippen molar-refractivity contribution in [3.05, 3.63) is 114 Å². The van der Waals surface area contributed by atoms with Gasteiger partial charge in [-0.05, 0) is 23.3 Å². The molecule has 0 aromatic heterocycles. The Kier molecular flexibility index (Phi) is 6.59. The monoisotopic (exact) mass is 367 g/mol. The number of benzene rings is 3. The van der Waals surface area contributed by atoms with Crippen molar-refractivity contribution in [1.29, 1.82) is 5.26 Å². The van der Waals surface area contributed by atoms with E-state index < -0.39 is 0 Å². The van der Waals surface area contributed by atoms with E-state index in [4.69, 9.17) is 0 Å². The molecule has 0 aliphatic carbocycles. The molecule has 1 N–H and O–H groups in total. The van der Waals surface area contributed by atoms with Crippen molar-refractivity contribution in [2.45, 2.75) is 13.1 Å². The minimum Gasteiger partial charge on any atom is -0.347 e. The lowest BCUT2D eigenvalue weighted by atomic mass is 10.2. The number of anilines is 1. The molecule has 0 radical (unpaired) electrons. The van der Waals surface area contributed by atoms with Crippen molar-refractivity contribution < 1.29 is 4.79 Å². The fourth-order valence-corrected chi connectivity index (χ4v) is 2.78. The predicted octanol–water partition coefficient (Wildman–Crippen LogP) is 4.42. The van der Waals surface area contributed by atoms with Gasteiger partial charge in [-0.15, -0.1) is 0 Å². The summed E-state index contributed by atoms with van der Waals surface area (Å²) in [7, 11) is 0. The number of hydrogen-bond acceptors (Lipinski definition) is 3. The molecular formula is C24H21N3O. The Morgan fingerprint density at radius 2 is 1.39 bits per heavy atom. The van der Waals surface area contributed by atoms with Crippen LogP contribution in [-0.2, 0) is 17.9 Å². The zero-order chi connectivity index (χ0) is 19.6. The number of nitrogens with zero attached hydrogens (tertiary/aromatic N) is 2. The third-order valence-corrected chi connectivity index (χ3v) is 4.23. The summed E-state index contributed by atoms with van der Waals surface area (Å²) in [5.74, 6) is -0.389. The van der Waals surface area contributed by atoms with Crippen LogP contribution in [0.4, 0.5) is 5.69 Å². The first-order valence-corrected chi connectivity index (χ1v) is 9.06. The van der Waals surface area contributed by atoms with Crippen LogP contribution in [0.15, 0.2) is 103 Å². The third kappa shape index (κ3) is 5.33. The number of para-hydroxylation sites is 1. The molecule has 0 fully saturated rings. The van der Waals surface area contributed by atoms with E-state index in [9.17, 15) is 10.1 Å². The standard InChI is InChI=1S/C24H21N3O/c25-16-22(24(28)26-17-20-10-4-1-5-11-20)19-27(23-14-8-3-9-15-23)18-21-12-6-2-7-13-21/h1-15,19H,17-18H2,(H,26,28)/b22-19-. The van der Waals surface area contributed by atoms with E-state index in [1.165, 1.54) is 0 Å². The number of nitrogens with one attached hydrogen (secondary N) is 1. The van der Waals surface area contributed by atoms with E-state index in [2.05, 4.69) is 5.32 Å². The number of carbonyl (C=O) groups is 1. The second-order valence-electron chi connectivity index (χ2n) is 6.27. The smallest absolute Gasteiger partial charge is 0.263 e. The van der Waals surface area contributed by atoms with E-state index in [-0.39, 0.29) is 11.5 Å². The maximum atomic E-state index is 12.5. The molecule has 4 nitrogen and oxygen atoms in total. The zero-order valence-corrected chi connectivity index (χ0v) is 15.5. The van der Waals surface area contributed by atoms with E-state index in [0.29, 0.717) is 13.1 Å². The number of nitriles is 1. The van der Waals surface area contributed by atoms with Crippen molar-refractivity contribution >= 4 is 11.6 Å². The Balaban J connectivity index is 1.80. The normalized spacial score (nSPS) is 10.8. The molecule has 0 unspecified atom stereocenters. The Morgan fingerprint density at radius 3 is 1.96 bits per heavy atom. The van der Waals surface area contributed by atoms with Gasteiger partial charge in [-0.2, -0.15) is 5.26 Å². The summed E-state index contributed by atoms with van der Waals surface area (Å²) in [5, 5.41) is 12.4. The predicted molar refractivity (Wildman–Crippen MR) is 111 cm³/mol. The lowest BCUT2D eigenvalue weighted by Crippen LogP contribution is -2.26. The van der Waals surface area contributed by atoms with E-state index >= 15 is 0 Å². The Hall–Kier alpha value is -3.84. The van der Waals surface area contributed by atoms with Crippen LogP contribution in [0, 0.1) is 11.3 Å². The highest BCUT2D eigenvalue weighted by Gasteiger charge is 2.13. The van der Waals surface area contributed by atoms with Crippen LogP contribution in [0.1, 0.15) is 11.1 Å². The zero-order valence-electron chi connectivity index (χ0n) is 15.5. The maximum absolute atomic E-state index is 12.5. The molecular weight excluding hydrogens is 346 g/mol. The highest BCUT2D eigenvalue weighted by Crippen LogP contribution is 2.18. The van der Waals surface area contributed by atoms with Crippen LogP contribution in [0.25, 0.3) is 0 Å². The molecule has 138 valence electrons. The minimum atomic E-state index is -0.389. The minimum absolute atomic E-state index is 0.0655. The number of rotatable bonds is 7. The summed E-state index contributed by atoms with van der Waals surface area (Å²) >= 11 is 0. The quantitative estimate of drug-likeness (QED) is 0.497. The van der Waals surface area contributed by atoms with Gasteiger partial charge in [-0.1, -0.05) is 78.9 Å². The summed E-state index contributed by atoms with van der Waals surface area (Å²) in [6.07, 6.45) is 1.61. The maximum Gasteiger partial charge on any atom is 0.263 e. The second-order valence-corrected chi connectivity index (χ2v) is 6.27. The Morgan fingerprint density at radius 1 is 0.857 bits per heavy atom. The second kappa shape index (κ2) is 9.75. The lowest BCUT2D eigenvalue weighted by molar-refractivity contribution is -0.117. The van der Waals surface area contributed by atoms with Crippen molar-refractivity contribution in [2.24, 2.45) is 0 Å². The van der Waals surface area contributed by atoms with Crippen molar-refractivity contribution in [2.75, 3.05) is 4.90 Å². The fraction of sp³-hybridized carbons (Fsp3) is 0.0833. The van der Waals surface area contributed by atoms with Gasteiger partial charge in [0.15, 0.2) is 0 Å². The third-order valence-electron chi connectivity index (χ3n) is 4.23. The van der Waals surface area contributed by atoms with Crippen molar-refractivity contribution in [3.8, 4) is 6.07 Å². The topological polar surface area (TPSA) is 56.1 Å². The highest BCUT2D eigenvalue weighted by molar-refractivity contribution is 5.97. The molecule has 3 aromatic rings. The van der Waals surface area contributed by atoms with Crippen LogP contribution < -0.4 is 10.2 Å². The van der Waals surface area contributed by atoms with E-state index in [1.807, 2.05) is 102 Å². The van der Waals surface area contributed by atoms with Crippen LogP contribution >= 0.6 is 0 Å². The van der Waals surface area contributed by atoms with Gasteiger partial charge in [0.05, 0.1) is 0 Å². The Bertz CT molecular complexity index is 961. The fourth-order valence-electron chi connectivity index (χ4n) is 2.78. The van der Waals surface area contributed by atoms with Gasteiger partial charge < -0.3 is 10.2 Å². The molecule has 0 saturated carbocycles. The van der Waals surface area contributed by atoms with Crippen LogP contribution in [0.2, 0.25) is 0 Å². The van der Waals surface area contributed by atoms with Gasteiger partial charge in [-0.3, -0.25) is 4.79 Å². The summed E-state index contributed by atoms with van der Waals surface area (Å²) < 4.78 is 0. The molecule has 4 heteroatoms. The van der Waals surface area contributed by atoms with Gasteiger partial charge in [0, 0.05) is 25.0 Å². The number of amides is 1. The van der Waals surface area contributed by atoms with E-state index in [0.717, 1.165) is 16.8 Å². The molecule has 0 aliphatic rings. The molecule has 28 heavy (non-hydrogen) atoms. The first-order valence-electron chi connectivity index (χ1n) is 9.06. The molecule has 0 aliphatic heterocycles. The van der Waals surface area contributed by atoms with E-state index in [1.54, 1.807) is 6.20 Å². The van der Waals surface area contributed by atoms with Crippen LogP contribution in [0.5, 0.6) is 0 Å². The van der Waals surface area contributed by atoms with Gasteiger partial charge >= 0.3 is 0 Å². The molecule has 0 heterocycles. The van der Waals surface area contributed by atoms with Gasteiger partial charge in [0.1, 0.15) is 11.6 Å². The molecule has 0 atom stereocenters. The Labute approximate surface area is 165 Å². The molecule has 3 aromatic carbocycles. The summed E-state index contributed by atoms with van der Waals surface area (Å²) in [6, 6.07) is 31.3. The average molecular weight is 367 g/mol. The molecule has 1 amide bonds. The summed E-state index contributed by atoms with van der Waals surface area (Å²) in [6.45, 7) is 0.935. The van der Waals surface area contributed by atoms with Crippen LogP contribution in [-0.4, -0.2) is 5.91 Å². The van der Waals surface area contributed by atoms with Crippen molar-refractivity contribution in [1.82, 2.24) is 5.32 Å². The summed E-state index contributed by atoms with van der Waals surface area (Å²) in [5.41, 5.74) is 3.05. The summed E-state index contributed by atoms with van der Waals surface area (Å²) in [4.78, 5) is 14.5. The number of carbonyl (C=O) groups excluding carboxylic acids is 1. The highest BCUT2D eigenvalue weighted by atomic mass is 16.1. The van der Waals surface area contributed by atoms with Gasteiger partial charge in [0.25, 0.3) is 5.91 Å². The first kappa shape index (κ1) is 18.9. The molecule has 0 bridgehead atoms. The molecule has 0 spiro atoms. The molecule has 0 saturated heterocycles. The van der Waals surface area contributed by atoms with Crippen molar-refractivity contribution in [3.63, 3.8) is 0 Å². The number of hydrogen-bond donors (Lipinski definition) is 1. The van der Waals surface area contributed by atoms with Crippen LogP contribution in [0.3, 0.4) is 0 Å². The first-order chi connectivity index (χ1) is 13.8. The van der Waals surface area contributed by atoms with Gasteiger partial charge in [0.2, 0.25) is 0 Å².